The number of carbonyl (C=O) groups is 2. The predicted molar refractivity (Wildman–Crippen MR) is 124 cm³/mol. The second-order valence-electron chi connectivity index (χ2n) is 8.53. The van der Waals surface area contributed by atoms with E-state index in [9.17, 15) is 14.0 Å². The Balaban J connectivity index is 1.60. The highest BCUT2D eigenvalue weighted by Gasteiger charge is 2.23. The zero-order valence-electron chi connectivity index (χ0n) is 19.5. The van der Waals surface area contributed by atoms with Crippen molar-refractivity contribution in [2.45, 2.75) is 44.8 Å². The molecule has 1 atom stereocenters. The van der Waals surface area contributed by atoms with Gasteiger partial charge in [-0.15, -0.1) is 0 Å². The van der Waals surface area contributed by atoms with Gasteiger partial charge in [0.15, 0.2) is 0 Å². The van der Waals surface area contributed by atoms with E-state index in [-0.39, 0.29) is 36.6 Å². The molecule has 0 aliphatic carbocycles. The van der Waals surface area contributed by atoms with Crippen molar-refractivity contribution < 1.29 is 23.5 Å². The Morgan fingerprint density at radius 1 is 1.09 bits per heavy atom. The summed E-state index contributed by atoms with van der Waals surface area (Å²) in [5, 5.41) is 0. The molecule has 3 rings (SSSR count). The molecule has 2 amide bonds. The monoisotopic (exact) mass is 456 g/mol. The summed E-state index contributed by atoms with van der Waals surface area (Å²) < 4.78 is 25.4. The van der Waals surface area contributed by atoms with Crippen LogP contribution in [0.25, 0.3) is 0 Å². The maximum absolute atomic E-state index is 13.8. The number of nitrogens with zero attached hydrogens (tertiary/aromatic N) is 2. The topological polar surface area (TPSA) is 59.1 Å². The molecular weight excluding hydrogens is 423 g/mol. The first-order chi connectivity index (χ1) is 15.9. The molecule has 0 spiro atoms. The van der Waals surface area contributed by atoms with Crippen molar-refractivity contribution in [3.63, 3.8) is 0 Å². The quantitative estimate of drug-likeness (QED) is 0.516. The fraction of sp³-hybridized carbons (Fsp3) is 0.462. The molecule has 6 nitrogen and oxygen atoms in total. The summed E-state index contributed by atoms with van der Waals surface area (Å²) in [7, 11) is 3.38. The molecule has 178 valence electrons. The van der Waals surface area contributed by atoms with E-state index in [0.29, 0.717) is 37.4 Å². The molecule has 1 fully saturated rings. The van der Waals surface area contributed by atoms with Gasteiger partial charge in [0, 0.05) is 53.1 Å². The predicted octanol–water partition coefficient (Wildman–Crippen LogP) is 3.82. The van der Waals surface area contributed by atoms with E-state index < -0.39 is 0 Å². The largest absolute Gasteiger partial charge is 0.493 e. The normalized spacial score (nSPS) is 15.3. The van der Waals surface area contributed by atoms with Crippen molar-refractivity contribution in [2.24, 2.45) is 0 Å². The smallest absolute Gasteiger partial charge is 0.223 e. The van der Waals surface area contributed by atoms with Gasteiger partial charge in [0.1, 0.15) is 11.6 Å². The molecule has 0 N–H and O–H groups in total. The molecule has 1 aliphatic heterocycles. The number of rotatable bonds is 11. The van der Waals surface area contributed by atoms with E-state index in [0.717, 1.165) is 25.0 Å². The van der Waals surface area contributed by atoms with Gasteiger partial charge in [0.25, 0.3) is 0 Å². The molecule has 0 aromatic heterocycles. The molecule has 7 heteroatoms. The summed E-state index contributed by atoms with van der Waals surface area (Å²) in [4.78, 5) is 28.1. The minimum absolute atomic E-state index is 0.0266. The molecule has 0 saturated carbocycles. The summed E-state index contributed by atoms with van der Waals surface area (Å²) in [6, 6.07) is 14.3. The lowest BCUT2D eigenvalue weighted by Crippen LogP contribution is -2.37. The Morgan fingerprint density at radius 2 is 1.88 bits per heavy atom. The van der Waals surface area contributed by atoms with Gasteiger partial charge < -0.3 is 19.3 Å². The summed E-state index contributed by atoms with van der Waals surface area (Å²) in [5.41, 5.74) is 1.55. The third-order valence-corrected chi connectivity index (χ3v) is 5.72. The van der Waals surface area contributed by atoms with E-state index in [4.69, 9.17) is 9.47 Å². The summed E-state index contributed by atoms with van der Waals surface area (Å²) in [5.74, 6) is 0.319. The fourth-order valence-corrected chi connectivity index (χ4v) is 3.82. The van der Waals surface area contributed by atoms with E-state index in [2.05, 4.69) is 0 Å². The van der Waals surface area contributed by atoms with Gasteiger partial charge in [-0.1, -0.05) is 30.3 Å². The zero-order chi connectivity index (χ0) is 23.6. The Hall–Kier alpha value is -2.93. The van der Waals surface area contributed by atoms with Crippen LogP contribution in [-0.4, -0.2) is 61.6 Å². The summed E-state index contributed by atoms with van der Waals surface area (Å²) >= 11 is 0. The molecule has 1 aliphatic rings. The molecule has 33 heavy (non-hydrogen) atoms. The molecule has 1 heterocycles. The number of hydrogen-bond donors (Lipinski definition) is 0. The number of ether oxygens (including phenoxy) is 2. The second-order valence-corrected chi connectivity index (χ2v) is 8.53. The molecule has 1 saturated heterocycles. The summed E-state index contributed by atoms with van der Waals surface area (Å²) in [6.07, 6.45) is 2.78. The van der Waals surface area contributed by atoms with Crippen molar-refractivity contribution in [1.29, 1.82) is 0 Å². The Labute approximate surface area is 195 Å². The van der Waals surface area contributed by atoms with Gasteiger partial charge in [-0.05, 0) is 42.2 Å². The molecular formula is C26H33FN2O4. The first-order valence-electron chi connectivity index (χ1n) is 11.5. The lowest BCUT2D eigenvalue weighted by Gasteiger charge is -2.26. The van der Waals surface area contributed by atoms with Crippen LogP contribution in [0.5, 0.6) is 5.75 Å². The molecule has 2 aromatic rings. The van der Waals surface area contributed by atoms with Gasteiger partial charge in [0.05, 0.1) is 12.7 Å². The highest BCUT2D eigenvalue weighted by Crippen LogP contribution is 2.19. The molecule has 2 aromatic carbocycles. The van der Waals surface area contributed by atoms with Crippen molar-refractivity contribution in [3.05, 3.63) is 65.5 Å². The lowest BCUT2D eigenvalue weighted by atomic mass is 10.1. The Morgan fingerprint density at radius 3 is 2.61 bits per heavy atom. The van der Waals surface area contributed by atoms with Crippen LogP contribution in [0.2, 0.25) is 0 Å². The fourth-order valence-electron chi connectivity index (χ4n) is 3.82. The summed E-state index contributed by atoms with van der Waals surface area (Å²) in [6.45, 7) is 2.00. The first kappa shape index (κ1) is 24.7. The molecule has 0 unspecified atom stereocenters. The third kappa shape index (κ3) is 7.86. The standard InChI is InChI=1S/C26H33FN2O4/c1-28(2)25(30)12-13-26(31)29(19-23-10-6-15-32-23)18-20-7-5-9-22(17-20)33-16-14-21-8-3-4-11-24(21)27/h3-5,7-9,11,17,23H,6,10,12-16,18-19H2,1-2H3/t23-/m0/s1. The minimum Gasteiger partial charge on any atom is -0.493 e. The van der Waals surface area contributed by atoms with E-state index in [1.54, 1.807) is 31.1 Å². The van der Waals surface area contributed by atoms with Crippen LogP contribution in [0.3, 0.4) is 0 Å². The van der Waals surface area contributed by atoms with Crippen LogP contribution in [-0.2, 0) is 27.3 Å². The highest BCUT2D eigenvalue weighted by molar-refractivity contribution is 5.83. The SMILES string of the molecule is CN(C)C(=O)CCC(=O)N(Cc1cccc(OCCc2ccccc2F)c1)C[C@@H]1CCCO1. The van der Waals surface area contributed by atoms with Crippen LogP contribution < -0.4 is 4.74 Å². The number of hydrogen-bond acceptors (Lipinski definition) is 4. The number of benzene rings is 2. The maximum Gasteiger partial charge on any atom is 0.223 e. The van der Waals surface area contributed by atoms with Crippen LogP contribution in [0.4, 0.5) is 4.39 Å². The number of halogens is 1. The van der Waals surface area contributed by atoms with Crippen molar-refractivity contribution in [1.82, 2.24) is 9.80 Å². The highest BCUT2D eigenvalue weighted by atomic mass is 19.1. The van der Waals surface area contributed by atoms with E-state index in [1.807, 2.05) is 30.3 Å². The average molecular weight is 457 g/mol. The van der Waals surface area contributed by atoms with Crippen molar-refractivity contribution >= 4 is 11.8 Å². The zero-order valence-corrected chi connectivity index (χ0v) is 19.5. The Kier molecular flexibility index (Phi) is 9.24. The third-order valence-electron chi connectivity index (χ3n) is 5.72. The number of amides is 2. The Bertz CT molecular complexity index is 928. The van der Waals surface area contributed by atoms with Gasteiger partial charge >= 0.3 is 0 Å². The van der Waals surface area contributed by atoms with Crippen LogP contribution in [0, 0.1) is 5.82 Å². The van der Waals surface area contributed by atoms with Gasteiger partial charge in [-0.2, -0.15) is 0 Å². The van der Waals surface area contributed by atoms with Gasteiger partial charge in [0.2, 0.25) is 11.8 Å². The van der Waals surface area contributed by atoms with Crippen molar-refractivity contribution in [3.8, 4) is 5.75 Å². The second kappa shape index (κ2) is 12.3. The maximum atomic E-state index is 13.8. The molecule has 0 bridgehead atoms. The van der Waals surface area contributed by atoms with E-state index in [1.165, 1.54) is 11.0 Å². The average Bonchev–Trinajstić information content (AvgIpc) is 3.31. The molecule has 0 radical (unpaired) electrons. The van der Waals surface area contributed by atoms with Crippen molar-refractivity contribution in [2.75, 3.05) is 33.9 Å². The first-order valence-corrected chi connectivity index (χ1v) is 11.5. The lowest BCUT2D eigenvalue weighted by molar-refractivity contribution is -0.137. The van der Waals surface area contributed by atoms with E-state index >= 15 is 0 Å². The van der Waals surface area contributed by atoms with Gasteiger partial charge in [-0.25, -0.2) is 4.39 Å². The van der Waals surface area contributed by atoms with Crippen LogP contribution in [0.15, 0.2) is 48.5 Å². The van der Waals surface area contributed by atoms with Gasteiger partial charge in [-0.3, -0.25) is 9.59 Å². The van der Waals surface area contributed by atoms with Crippen LogP contribution in [0.1, 0.15) is 36.8 Å². The minimum atomic E-state index is -0.231. The number of carbonyl (C=O) groups excluding carboxylic acids is 2. The van der Waals surface area contributed by atoms with Crippen LogP contribution >= 0.6 is 0 Å².